The Morgan fingerprint density at radius 2 is 2.06 bits per heavy atom. The summed E-state index contributed by atoms with van der Waals surface area (Å²) < 4.78 is 10.0. The molecule has 1 aromatic rings. The van der Waals surface area contributed by atoms with Gasteiger partial charge in [0.25, 0.3) is 0 Å². The van der Waals surface area contributed by atoms with Crippen LogP contribution in [-0.4, -0.2) is 31.5 Å². The van der Waals surface area contributed by atoms with Gasteiger partial charge in [-0.1, -0.05) is 0 Å². The van der Waals surface area contributed by atoms with Gasteiger partial charge in [0.1, 0.15) is 6.61 Å². The number of thioether (sulfide) groups is 1. The lowest BCUT2D eigenvalue weighted by atomic mass is 10.2. The molecule has 0 spiro atoms. The zero-order chi connectivity index (χ0) is 13.2. The van der Waals surface area contributed by atoms with Gasteiger partial charge in [-0.05, 0) is 31.2 Å². The molecule has 1 rings (SSSR count). The fraction of sp³-hybridized carbons (Fsp3) is 0.385. The van der Waals surface area contributed by atoms with E-state index >= 15 is 0 Å². The van der Waals surface area contributed by atoms with E-state index in [1.54, 1.807) is 12.1 Å². The lowest BCUT2D eigenvalue weighted by molar-refractivity contribution is -0.141. The molecule has 1 aromatic carbocycles. The maximum absolute atomic E-state index is 11.4. The van der Waals surface area contributed by atoms with Crippen LogP contribution in [0.4, 0.5) is 0 Å². The molecule has 0 aliphatic carbocycles. The maximum Gasteiger partial charge on any atom is 0.316 e. The first-order valence-electron chi connectivity index (χ1n) is 5.62. The number of benzene rings is 1. The summed E-state index contributed by atoms with van der Waals surface area (Å²) in [5.41, 5.74) is 0.610. The van der Waals surface area contributed by atoms with Gasteiger partial charge in [0, 0.05) is 11.5 Å². The number of ether oxygens (including phenoxy) is 2. The third-order valence-corrected chi connectivity index (χ3v) is 3.02. The number of carbonyl (C=O) groups is 1. The largest absolute Gasteiger partial charge is 0.463 e. The van der Waals surface area contributed by atoms with Gasteiger partial charge in [0.05, 0.1) is 24.0 Å². The number of esters is 1. The molecular formula is C13H15NO3S. The first kappa shape index (κ1) is 14.6. The quantitative estimate of drug-likeness (QED) is 0.430. The summed E-state index contributed by atoms with van der Waals surface area (Å²) in [5, 5.41) is 8.64. The topological polar surface area (TPSA) is 59.3 Å². The molecule has 0 atom stereocenters. The van der Waals surface area contributed by atoms with E-state index < -0.39 is 0 Å². The molecule has 0 N–H and O–H groups in total. The Balaban J connectivity index is 2.23. The van der Waals surface area contributed by atoms with Crippen molar-refractivity contribution in [3.05, 3.63) is 29.8 Å². The zero-order valence-corrected chi connectivity index (χ0v) is 11.0. The van der Waals surface area contributed by atoms with E-state index in [-0.39, 0.29) is 11.7 Å². The van der Waals surface area contributed by atoms with Crippen LogP contribution in [0.5, 0.6) is 0 Å². The Hall–Kier alpha value is -1.51. The molecule has 0 heterocycles. The Morgan fingerprint density at radius 1 is 1.33 bits per heavy atom. The predicted octanol–water partition coefficient (Wildman–Crippen LogP) is 2.23. The first-order valence-corrected chi connectivity index (χ1v) is 6.61. The molecule has 0 aliphatic rings. The third-order valence-electron chi connectivity index (χ3n) is 2.03. The van der Waals surface area contributed by atoms with Crippen molar-refractivity contribution < 1.29 is 14.3 Å². The molecule has 96 valence electrons. The predicted molar refractivity (Wildman–Crippen MR) is 69.3 cm³/mol. The van der Waals surface area contributed by atoms with E-state index in [1.807, 2.05) is 25.1 Å². The highest BCUT2D eigenvalue weighted by Crippen LogP contribution is 2.18. The second kappa shape index (κ2) is 8.56. The Kier molecular flexibility index (Phi) is 6.92. The van der Waals surface area contributed by atoms with Crippen molar-refractivity contribution in [3.63, 3.8) is 0 Å². The summed E-state index contributed by atoms with van der Waals surface area (Å²) in [5.74, 6) is 0.00180. The minimum atomic E-state index is -0.260. The van der Waals surface area contributed by atoms with Crippen LogP contribution in [0.3, 0.4) is 0 Å². The third kappa shape index (κ3) is 5.71. The van der Waals surface area contributed by atoms with Gasteiger partial charge in [-0.3, -0.25) is 4.79 Å². The van der Waals surface area contributed by atoms with Crippen molar-refractivity contribution in [1.29, 1.82) is 5.26 Å². The number of rotatable bonds is 7. The van der Waals surface area contributed by atoms with Crippen LogP contribution in [0.15, 0.2) is 29.2 Å². The lowest BCUT2D eigenvalue weighted by Crippen LogP contribution is -2.12. The maximum atomic E-state index is 11.4. The summed E-state index contributed by atoms with van der Waals surface area (Å²) in [4.78, 5) is 12.3. The van der Waals surface area contributed by atoms with Crippen LogP contribution in [-0.2, 0) is 14.3 Å². The van der Waals surface area contributed by atoms with Gasteiger partial charge in [-0.15, -0.1) is 11.8 Å². The summed E-state index contributed by atoms with van der Waals surface area (Å²) in [6.45, 7) is 3.24. The van der Waals surface area contributed by atoms with Crippen molar-refractivity contribution in [2.75, 3.05) is 25.6 Å². The highest BCUT2D eigenvalue weighted by Gasteiger charge is 2.04. The van der Waals surface area contributed by atoms with E-state index in [9.17, 15) is 4.79 Å². The summed E-state index contributed by atoms with van der Waals surface area (Å²) >= 11 is 1.39. The minimum absolute atomic E-state index is 0.260. The SMILES string of the molecule is CCOCCOC(=O)CSc1ccc(C#N)cc1. The van der Waals surface area contributed by atoms with Gasteiger partial charge < -0.3 is 9.47 Å². The molecule has 0 unspecified atom stereocenters. The average molecular weight is 265 g/mol. The summed E-state index contributed by atoms with van der Waals surface area (Å²) in [6, 6.07) is 9.13. The van der Waals surface area contributed by atoms with Crippen molar-refractivity contribution in [2.45, 2.75) is 11.8 Å². The van der Waals surface area contributed by atoms with Crippen molar-refractivity contribution in [2.24, 2.45) is 0 Å². The second-order valence-corrected chi connectivity index (χ2v) is 4.39. The number of nitrogens with zero attached hydrogens (tertiary/aromatic N) is 1. The van der Waals surface area contributed by atoms with Crippen molar-refractivity contribution in [1.82, 2.24) is 0 Å². The average Bonchev–Trinajstić information content (AvgIpc) is 2.42. The lowest BCUT2D eigenvalue weighted by Gasteiger charge is -2.04. The van der Waals surface area contributed by atoms with Crippen LogP contribution in [0.25, 0.3) is 0 Å². The van der Waals surface area contributed by atoms with E-state index in [2.05, 4.69) is 0 Å². The zero-order valence-electron chi connectivity index (χ0n) is 10.2. The van der Waals surface area contributed by atoms with Gasteiger partial charge in [-0.25, -0.2) is 0 Å². The molecule has 0 aliphatic heterocycles. The highest BCUT2D eigenvalue weighted by molar-refractivity contribution is 8.00. The molecule has 0 aromatic heterocycles. The van der Waals surface area contributed by atoms with Gasteiger partial charge >= 0.3 is 5.97 Å². The number of nitriles is 1. The molecule has 5 heteroatoms. The van der Waals surface area contributed by atoms with Crippen LogP contribution >= 0.6 is 11.8 Å². The fourth-order valence-corrected chi connectivity index (χ4v) is 1.86. The summed E-state index contributed by atoms with van der Waals surface area (Å²) in [7, 11) is 0. The first-order chi connectivity index (χ1) is 8.76. The molecule has 0 bridgehead atoms. The van der Waals surface area contributed by atoms with Crippen LogP contribution in [0.1, 0.15) is 12.5 Å². The van der Waals surface area contributed by atoms with E-state index in [0.29, 0.717) is 25.4 Å². The van der Waals surface area contributed by atoms with Gasteiger partial charge in [0.15, 0.2) is 0 Å². The van der Waals surface area contributed by atoms with E-state index in [0.717, 1.165) is 4.90 Å². The number of hydrogen-bond acceptors (Lipinski definition) is 5. The van der Waals surface area contributed by atoms with E-state index in [4.69, 9.17) is 14.7 Å². The second-order valence-electron chi connectivity index (χ2n) is 3.34. The molecule has 18 heavy (non-hydrogen) atoms. The van der Waals surface area contributed by atoms with Gasteiger partial charge in [0.2, 0.25) is 0 Å². The fourth-order valence-electron chi connectivity index (χ4n) is 1.17. The molecule has 0 saturated heterocycles. The van der Waals surface area contributed by atoms with Crippen LogP contribution in [0, 0.1) is 11.3 Å². The monoisotopic (exact) mass is 265 g/mol. The van der Waals surface area contributed by atoms with Gasteiger partial charge in [-0.2, -0.15) is 5.26 Å². The molecule has 4 nitrogen and oxygen atoms in total. The smallest absolute Gasteiger partial charge is 0.316 e. The van der Waals surface area contributed by atoms with Crippen molar-refractivity contribution >= 4 is 17.7 Å². The number of carbonyl (C=O) groups excluding carboxylic acids is 1. The molecule has 0 fully saturated rings. The minimum Gasteiger partial charge on any atom is -0.463 e. The van der Waals surface area contributed by atoms with E-state index in [1.165, 1.54) is 11.8 Å². The normalized spacial score (nSPS) is 9.78. The Bertz CT molecular complexity index is 411. The highest BCUT2D eigenvalue weighted by atomic mass is 32.2. The Labute approximate surface area is 111 Å². The molecule has 0 radical (unpaired) electrons. The summed E-state index contributed by atoms with van der Waals surface area (Å²) in [6.07, 6.45) is 0. The van der Waals surface area contributed by atoms with Crippen LogP contribution < -0.4 is 0 Å². The standard InChI is InChI=1S/C13H15NO3S/c1-2-16-7-8-17-13(15)10-18-12-5-3-11(9-14)4-6-12/h3-6H,2,7-8,10H2,1H3. The Morgan fingerprint density at radius 3 is 2.67 bits per heavy atom. The van der Waals surface area contributed by atoms with Crippen LogP contribution in [0.2, 0.25) is 0 Å². The number of hydrogen-bond donors (Lipinski definition) is 0. The van der Waals surface area contributed by atoms with Crippen molar-refractivity contribution in [3.8, 4) is 6.07 Å². The molecular weight excluding hydrogens is 250 g/mol. The molecule has 0 saturated carbocycles. The molecule has 0 amide bonds.